The molecule has 6 heteroatoms. The number of nitrogens with one attached hydrogen (secondary N) is 1. The third kappa shape index (κ3) is 3.37. The summed E-state index contributed by atoms with van der Waals surface area (Å²) in [5, 5.41) is 3.89. The van der Waals surface area contributed by atoms with Crippen molar-refractivity contribution in [2.45, 2.75) is 38.9 Å². The summed E-state index contributed by atoms with van der Waals surface area (Å²) < 4.78 is 38.5. The maximum atomic E-state index is 12.6. The smallest absolute Gasteiger partial charge is 0.359 e. The molecule has 0 aliphatic rings. The van der Waals surface area contributed by atoms with Crippen molar-refractivity contribution < 1.29 is 13.2 Å². The van der Waals surface area contributed by atoms with E-state index in [1.807, 2.05) is 6.92 Å². The number of nitrogens with zero attached hydrogens (tertiary/aromatic N) is 1. The number of hydrogen-bond acceptors (Lipinski definition) is 3. The maximum absolute atomic E-state index is 12.6. The molecule has 0 aliphatic carbocycles. The fourth-order valence-electron chi connectivity index (χ4n) is 1.88. The second kappa shape index (κ2) is 5.36. The van der Waals surface area contributed by atoms with Gasteiger partial charge in [-0.05, 0) is 31.5 Å². The van der Waals surface area contributed by atoms with Gasteiger partial charge in [0, 0.05) is 6.04 Å². The van der Waals surface area contributed by atoms with E-state index in [1.54, 1.807) is 0 Å². The molecule has 1 aromatic heterocycles. The average Bonchev–Trinajstić information content (AvgIpc) is 2.68. The molecule has 0 saturated heterocycles. The Labute approximate surface area is 113 Å². The Kier molecular flexibility index (Phi) is 3.99. The van der Waals surface area contributed by atoms with Gasteiger partial charge in [0.15, 0.2) is 5.13 Å². The lowest BCUT2D eigenvalue weighted by molar-refractivity contribution is -0.137. The van der Waals surface area contributed by atoms with Crippen molar-refractivity contribution in [3.63, 3.8) is 0 Å². The number of hydrogen-bond donors (Lipinski definition) is 1. The number of benzene rings is 1. The van der Waals surface area contributed by atoms with Crippen LogP contribution < -0.4 is 5.32 Å². The molecule has 0 spiro atoms. The van der Waals surface area contributed by atoms with E-state index in [9.17, 15) is 13.2 Å². The Hall–Kier alpha value is -1.30. The van der Waals surface area contributed by atoms with Gasteiger partial charge in [0.2, 0.25) is 0 Å². The molecule has 0 fully saturated rings. The Morgan fingerprint density at radius 2 is 2.11 bits per heavy atom. The van der Waals surface area contributed by atoms with Gasteiger partial charge in [0.05, 0.1) is 15.8 Å². The number of thiazole rings is 1. The first-order chi connectivity index (χ1) is 8.90. The fourth-order valence-corrected chi connectivity index (χ4v) is 2.84. The average molecular weight is 288 g/mol. The Morgan fingerprint density at radius 1 is 1.37 bits per heavy atom. The lowest BCUT2D eigenvalue weighted by atomic mass is 10.2. The van der Waals surface area contributed by atoms with E-state index < -0.39 is 11.7 Å². The Morgan fingerprint density at radius 3 is 2.74 bits per heavy atom. The minimum absolute atomic E-state index is 0.271. The third-order valence-corrected chi connectivity index (χ3v) is 3.77. The molecule has 0 aliphatic heterocycles. The molecule has 2 aromatic rings. The van der Waals surface area contributed by atoms with Gasteiger partial charge in [-0.15, -0.1) is 0 Å². The summed E-state index contributed by atoms with van der Waals surface area (Å²) in [5.74, 6) is 0. The second-order valence-electron chi connectivity index (χ2n) is 4.53. The van der Waals surface area contributed by atoms with E-state index in [-0.39, 0.29) is 6.04 Å². The molecule has 0 amide bonds. The number of fused-ring (bicyclic) bond motifs is 1. The highest BCUT2D eigenvalue weighted by molar-refractivity contribution is 7.22. The first-order valence-corrected chi connectivity index (χ1v) is 6.96. The molecular formula is C13H15F3N2S. The molecule has 104 valence electrons. The van der Waals surface area contributed by atoms with E-state index in [0.717, 1.165) is 29.7 Å². The van der Waals surface area contributed by atoms with Crippen LogP contribution in [0.25, 0.3) is 10.2 Å². The predicted octanol–water partition coefficient (Wildman–Crippen LogP) is 4.92. The van der Waals surface area contributed by atoms with Crippen LogP contribution in [0.4, 0.5) is 18.3 Å². The van der Waals surface area contributed by atoms with Gasteiger partial charge in [-0.2, -0.15) is 13.2 Å². The van der Waals surface area contributed by atoms with Crippen LogP contribution in [0, 0.1) is 0 Å². The van der Waals surface area contributed by atoms with E-state index in [4.69, 9.17) is 0 Å². The van der Waals surface area contributed by atoms with Crippen LogP contribution in [-0.4, -0.2) is 11.0 Å². The molecular weight excluding hydrogens is 273 g/mol. The quantitative estimate of drug-likeness (QED) is 0.864. The highest BCUT2D eigenvalue weighted by Crippen LogP contribution is 2.34. The van der Waals surface area contributed by atoms with Gasteiger partial charge in [0.1, 0.15) is 0 Å². The molecule has 0 bridgehead atoms. The minimum atomic E-state index is -4.32. The summed E-state index contributed by atoms with van der Waals surface area (Å²) in [6, 6.07) is 3.94. The van der Waals surface area contributed by atoms with Gasteiger partial charge >= 0.3 is 6.18 Å². The van der Waals surface area contributed by atoms with Gasteiger partial charge in [-0.3, -0.25) is 0 Å². The molecule has 1 aromatic carbocycles. The van der Waals surface area contributed by atoms with Gasteiger partial charge < -0.3 is 5.32 Å². The highest BCUT2D eigenvalue weighted by Gasteiger charge is 2.30. The summed E-state index contributed by atoms with van der Waals surface area (Å²) in [7, 11) is 0. The molecule has 2 rings (SSSR count). The lowest BCUT2D eigenvalue weighted by Crippen LogP contribution is -2.13. The van der Waals surface area contributed by atoms with Crippen molar-refractivity contribution in [3.05, 3.63) is 23.8 Å². The Bertz CT molecular complexity index is 563. The van der Waals surface area contributed by atoms with E-state index in [2.05, 4.69) is 17.2 Å². The van der Waals surface area contributed by atoms with Crippen LogP contribution in [0.2, 0.25) is 0 Å². The summed E-state index contributed by atoms with van der Waals surface area (Å²) in [4.78, 5) is 4.22. The van der Waals surface area contributed by atoms with Crippen molar-refractivity contribution in [1.29, 1.82) is 0 Å². The molecule has 19 heavy (non-hydrogen) atoms. The summed E-state index contributed by atoms with van der Waals surface area (Å²) in [5.41, 5.74) is -0.260. The van der Waals surface area contributed by atoms with Gasteiger partial charge in [-0.25, -0.2) is 4.98 Å². The molecule has 2 nitrogen and oxygen atoms in total. The van der Waals surface area contributed by atoms with Crippen LogP contribution in [-0.2, 0) is 6.18 Å². The number of rotatable bonds is 4. The zero-order chi connectivity index (χ0) is 14.0. The molecule has 1 N–H and O–H groups in total. The topological polar surface area (TPSA) is 24.9 Å². The van der Waals surface area contributed by atoms with E-state index >= 15 is 0 Å². The third-order valence-electron chi connectivity index (χ3n) is 2.81. The fraction of sp³-hybridized carbons (Fsp3) is 0.462. The van der Waals surface area contributed by atoms with Crippen LogP contribution in [0.1, 0.15) is 32.3 Å². The summed E-state index contributed by atoms with van der Waals surface area (Å²) in [6.45, 7) is 4.13. The summed E-state index contributed by atoms with van der Waals surface area (Å²) >= 11 is 1.38. The second-order valence-corrected chi connectivity index (χ2v) is 5.56. The maximum Gasteiger partial charge on any atom is 0.416 e. The Balaban J connectivity index is 2.26. The van der Waals surface area contributed by atoms with Crippen LogP contribution in [0.15, 0.2) is 18.2 Å². The minimum Gasteiger partial charge on any atom is -0.359 e. The van der Waals surface area contributed by atoms with Crippen LogP contribution >= 0.6 is 11.3 Å². The summed E-state index contributed by atoms with van der Waals surface area (Å²) in [6.07, 6.45) is -2.26. The van der Waals surface area contributed by atoms with E-state index in [0.29, 0.717) is 10.6 Å². The number of alkyl halides is 3. The molecule has 0 radical (unpaired) electrons. The van der Waals surface area contributed by atoms with Crippen molar-refractivity contribution in [2.75, 3.05) is 5.32 Å². The molecule has 1 atom stereocenters. The van der Waals surface area contributed by atoms with Gasteiger partial charge in [-0.1, -0.05) is 24.7 Å². The highest BCUT2D eigenvalue weighted by atomic mass is 32.1. The zero-order valence-electron chi connectivity index (χ0n) is 10.7. The first kappa shape index (κ1) is 14.1. The monoisotopic (exact) mass is 288 g/mol. The number of aromatic nitrogens is 1. The molecule has 1 heterocycles. The van der Waals surface area contributed by atoms with Crippen LogP contribution in [0.5, 0.6) is 0 Å². The lowest BCUT2D eigenvalue weighted by Gasteiger charge is -2.10. The van der Waals surface area contributed by atoms with Crippen molar-refractivity contribution in [1.82, 2.24) is 4.98 Å². The largest absolute Gasteiger partial charge is 0.416 e. The molecule has 1 unspecified atom stereocenters. The number of anilines is 1. The van der Waals surface area contributed by atoms with Crippen molar-refractivity contribution in [3.8, 4) is 0 Å². The standard InChI is InChI=1S/C13H15F3N2S/c1-3-4-8(2)17-12-18-10-7-9(13(14,15)16)5-6-11(10)19-12/h5-8H,3-4H2,1-2H3,(H,17,18). The zero-order valence-corrected chi connectivity index (χ0v) is 11.5. The van der Waals surface area contributed by atoms with Crippen molar-refractivity contribution >= 4 is 26.7 Å². The van der Waals surface area contributed by atoms with E-state index in [1.165, 1.54) is 17.4 Å². The first-order valence-electron chi connectivity index (χ1n) is 6.14. The normalized spacial score (nSPS) is 13.7. The van der Waals surface area contributed by atoms with Gasteiger partial charge in [0.25, 0.3) is 0 Å². The number of halogens is 3. The predicted molar refractivity (Wildman–Crippen MR) is 72.6 cm³/mol. The van der Waals surface area contributed by atoms with Crippen LogP contribution in [0.3, 0.4) is 0 Å². The van der Waals surface area contributed by atoms with Crippen molar-refractivity contribution in [2.24, 2.45) is 0 Å². The molecule has 0 saturated carbocycles. The SMILES string of the molecule is CCCC(C)Nc1nc2cc(C(F)(F)F)ccc2s1.